The smallest absolute Gasteiger partial charge is 0.255 e. The zero-order valence-corrected chi connectivity index (χ0v) is 21.7. The Balaban J connectivity index is 1.79. The zero-order valence-electron chi connectivity index (χ0n) is 20.9. The van der Waals surface area contributed by atoms with E-state index in [1.54, 1.807) is 6.07 Å². The summed E-state index contributed by atoms with van der Waals surface area (Å²) in [5, 5.41) is 33.2. The van der Waals surface area contributed by atoms with Crippen LogP contribution in [0.3, 0.4) is 0 Å². The Hall–Kier alpha value is -3.38. The van der Waals surface area contributed by atoms with E-state index >= 15 is 0 Å². The maximum Gasteiger partial charge on any atom is 0.255 e. The standard InChI is InChI=1S/C25H31N3O8S/c1-28(2)15-9-11(5-4-6-27-37(3,35)36)21(30)19-14(15)8-12-7-13-10-16(29)20(25(26)34)24(33)18(13)22(31)17(12)23(19)32/h9,12-13,18,27,30,32-33H,4-8,10H2,1-3H3,(H2,26,34). The van der Waals surface area contributed by atoms with Crippen molar-refractivity contribution in [2.75, 3.05) is 31.8 Å². The number of anilines is 1. The third-order valence-corrected chi connectivity index (χ3v) is 8.14. The molecule has 1 aromatic rings. The Morgan fingerprint density at radius 1 is 1.19 bits per heavy atom. The maximum atomic E-state index is 13.6. The fourth-order valence-electron chi connectivity index (χ4n) is 5.87. The number of aryl methyl sites for hydroxylation is 1. The Morgan fingerprint density at radius 3 is 2.46 bits per heavy atom. The first-order chi connectivity index (χ1) is 17.2. The van der Waals surface area contributed by atoms with Crippen molar-refractivity contribution < 1.29 is 38.1 Å². The SMILES string of the molecule is CN(C)c1cc(CCCNS(C)(=O)=O)c(O)c2c1CC1CC3CC(=O)C(C(N)=O)=C(O)C3C(=O)C1=C2O. The number of aliphatic hydroxyl groups is 2. The molecule has 1 aromatic carbocycles. The highest BCUT2D eigenvalue weighted by molar-refractivity contribution is 7.88. The van der Waals surface area contributed by atoms with Crippen LogP contribution in [0.15, 0.2) is 23.0 Å². The minimum atomic E-state index is -3.36. The van der Waals surface area contributed by atoms with Crippen LogP contribution in [0, 0.1) is 17.8 Å². The number of hydrogen-bond acceptors (Lipinski definition) is 9. The number of sulfonamides is 1. The van der Waals surface area contributed by atoms with Crippen molar-refractivity contribution in [2.45, 2.75) is 32.1 Å². The highest BCUT2D eigenvalue weighted by Crippen LogP contribution is 2.52. The quantitative estimate of drug-likeness (QED) is 0.250. The van der Waals surface area contributed by atoms with Crippen LogP contribution in [0.25, 0.3) is 5.76 Å². The fraction of sp³-hybridized carbons (Fsp3) is 0.480. The number of hydrogen-bond donors (Lipinski definition) is 5. The largest absolute Gasteiger partial charge is 0.511 e. The third kappa shape index (κ3) is 4.71. The number of fused-ring (bicyclic) bond motifs is 3. The second-order valence-corrected chi connectivity index (χ2v) is 12.0. The van der Waals surface area contributed by atoms with Crippen molar-refractivity contribution >= 4 is 38.9 Å². The first kappa shape index (κ1) is 26.7. The molecule has 6 N–H and O–H groups in total. The number of amides is 1. The lowest BCUT2D eigenvalue weighted by atomic mass is 9.61. The molecule has 200 valence electrons. The number of phenolic OH excluding ortho intramolecular Hbond substituents is 1. The van der Waals surface area contributed by atoms with E-state index in [9.17, 15) is 38.1 Å². The van der Waals surface area contributed by atoms with Gasteiger partial charge in [0.2, 0.25) is 10.0 Å². The minimum Gasteiger partial charge on any atom is -0.511 e. The second kappa shape index (κ2) is 9.49. The van der Waals surface area contributed by atoms with Gasteiger partial charge in [-0.2, -0.15) is 0 Å². The molecule has 1 amide bonds. The van der Waals surface area contributed by atoms with Crippen LogP contribution >= 0.6 is 0 Å². The van der Waals surface area contributed by atoms with E-state index in [1.165, 1.54) is 0 Å². The molecule has 1 saturated carbocycles. The number of Topliss-reactive ketones (excluding diaryl/α,β-unsaturated/α-hetero) is 2. The van der Waals surface area contributed by atoms with Crippen molar-refractivity contribution in [2.24, 2.45) is 23.5 Å². The highest BCUT2D eigenvalue weighted by Gasteiger charge is 2.51. The summed E-state index contributed by atoms with van der Waals surface area (Å²) in [4.78, 5) is 39.6. The number of nitrogens with two attached hydrogens (primary N) is 1. The number of rotatable bonds is 7. The number of allylic oxidation sites excluding steroid dienone is 2. The van der Waals surface area contributed by atoms with Crippen LogP contribution in [-0.4, -0.2) is 68.1 Å². The molecule has 12 heteroatoms. The predicted octanol–water partition coefficient (Wildman–Crippen LogP) is 0.857. The summed E-state index contributed by atoms with van der Waals surface area (Å²) in [6.07, 6.45) is 2.29. The molecule has 0 radical (unpaired) electrons. The normalized spacial score (nSPS) is 23.5. The molecule has 0 saturated heterocycles. The van der Waals surface area contributed by atoms with Crippen molar-refractivity contribution in [3.05, 3.63) is 39.7 Å². The summed E-state index contributed by atoms with van der Waals surface area (Å²) in [6, 6.07) is 1.79. The van der Waals surface area contributed by atoms with Crippen LogP contribution in [0.4, 0.5) is 5.69 Å². The van der Waals surface area contributed by atoms with Gasteiger partial charge in [0.25, 0.3) is 5.91 Å². The molecule has 4 rings (SSSR count). The summed E-state index contributed by atoms with van der Waals surface area (Å²) >= 11 is 0. The second-order valence-electron chi connectivity index (χ2n) is 10.2. The van der Waals surface area contributed by atoms with Gasteiger partial charge in [0.1, 0.15) is 22.8 Å². The monoisotopic (exact) mass is 533 g/mol. The van der Waals surface area contributed by atoms with E-state index in [2.05, 4.69) is 4.72 Å². The van der Waals surface area contributed by atoms with Gasteiger partial charge in [-0.05, 0) is 54.7 Å². The molecule has 3 aliphatic rings. The fourth-order valence-corrected chi connectivity index (χ4v) is 6.38. The van der Waals surface area contributed by atoms with Crippen molar-refractivity contribution in [1.82, 2.24) is 4.72 Å². The lowest BCUT2D eigenvalue weighted by Gasteiger charge is -2.41. The van der Waals surface area contributed by atoms with Gasteiger partial charge in [-0.3, -0.25) is 14.4 Å². The van der Waals surface area contributed by atoms with E-state index in [1.807, 2.05) is 19.0 Å². The number of benzene rings is 1. The molecule has 0 heterocycles. The predicted molar refractivity (Wildman–Crippen MR) is 135 cm³/mol. The van der Waals surface area contributed by atoms with Gasteiger partial charge in [0.05, 0.1) is 17.7 Å². The molecule has 3 aliphatic carbocycles. The summed E-state index contributed by atoms with van der Waals surface area (Å²) in [5.41, 5.74) is 6.73. The third-order valence-electron chi connectivity index (χ3n) is 7.41. The average molecular weight is 534 g/mol. The van der Waals surface area contributed by atoms with Crippen molar-refractivity contribution in [3.8, 4) is 5.75 Å². The van der Waals surface area contributed by atoms with E-state index in [4.69, 9.17) is 5.73 Å². The molecule has 1 fully saturated rings. The number of nitrogens with zero attached hydrogens (tertiary/aromatic N) is 1. The van der Waals surface area contributed by atoms with Crippen LogP contribution in [0.2, 0.25) is 0 Å². The topological polar surface area (TPSA) is 187 Å². The Bertz CT molecular complexity index is 1380. The summed E-state index contributed by atoms with van der Waals surface area (Å²) in [6.45, 7) is 0.163. The van der Waals surface area contributed by atoms with Crippen LogP contribution in [0.1, 0.15) is 36.0 Å². The van der Waals surface area contributed by atoms with Gasteiger partial charge in [-0.25, -0.2) is 13.1 Å². The first-order valence-electron chi connectivity index (χ1n) is 12.0. The van der Waals surface area contributed by atoms with E-state index in [0.29, 0.717) is 36.8 Å². The molecule has 11 nitrogen and oxygen atoms in total. The summed E-state index contributed by atoms with van der Waals surface area (Å²) in [5.74, 6) is -5.71. The molecule has 0 bridgehead atoms. The highest BCUT2D eigenvalue weighted by atomic mass is 32.2. The Labute approximate surface area is 214 Å². The average Bonchev–Trinajstić information content (AvgIpc) is 2.76. The number of aliphatic hydroxyl groups excluding tert-OH is 2. The van der Waals surface area contributed by atoms with Crippen molar-refractivity contribution in [3.63, 3.8) is 0 Å². The molecule has 37 heavy (non-hydrogen) atoms. The summed E-state index contributed by atoms with van der Waals surface area (Å²) < 4.78 is 25.1. The first-order valence-corrected chi connectivity index (χ1v) is 13.9. The zero-order chi connectivity index (χ0) is 27.4. The van der Waals surface area contributed by atoms with Gasteiger partial charge in [-0.15, -0.1) is 0 Å². The van der Waals surface area contributed by atoms with Gasteiger partial charge in [0.15, 0.2) is 11.6 Å². The van der Waals surface area contributed by atoms with Crippen LogP contribution in [-0.2, 0) is 37.2 Å². The summed E-state index contributed by atoms with van der Waals surface area (Å²) in [7, 11) is 0.267. The number of phenols is 1. The van der Waals surface area contributed by atoms with Gasteiger partial charge >= 0.3 is 0 Å². The number of carbonyl (C=O) groups is 3. The molecule has 3 unspecified atom stereocenters. The lowest BCUT2D eigenvalue weighted by molar-refractivity contribution is -0.127. The lowest BCUT2D eigenvalue weighted by Crippen LogP contribution is -2.44. The van der Waals surface area contributed by atoms with Gasteiger partial charge in [-0.1, -0.05) is 0 Å². The molecule has 0 spiro atoms. The van der Waals surface area contributed by atoms with Crippen LogP contribution in [0.5, 0.6) is 5.75 Å². The van der Waals surface area contributed by atoms with Gasteiger partial charge < -0.3 is 26.0 Å². The molecule has 0 aromatic heterocycles. The van der Waals surface area contributed by atoms with Crippen LogP contribution < -0.4 is 15.4 Å². The van der Waals surface area contributed by atoms with Crippen molar-refractivity contribution in [1.29, 1.82) is 0 Å². The maximum absolute atomic E-state index is 13.6. The molecular formula is C25H31N3O8S. The number of carbonyl (C=O) groups excluding carboxylic acids is 3. The molecule has 3 atom stereocenters. The number of primary amides is 1. The van der Waals surface area contributed by atoms with Gasteiger partial charge in [0, 0.05) is 38.3 Å². The minimum absolute atomic E-state index is 0.0503. The molecular weight excluding hydrogens is 502 g/mol. The van der Waals surface area contributed by atoms with E-state index in [0.717, 1.165) is 11.9 Å². The Kier molecular flexibility index (Phi) is 6.84. The number of ketones is 2. The van der Waals surface area contributed by atoms with E-state index in [-0.39, 0.29) is 29.9 Å². The Morgan fingerprint density at radius 2 is 1.86 bits per heavy atom. The molecule has 0 aliphatic heterocycles. The van der Waals surface area contributed by atoms with E-state index < -0.39 is 62.3 Å². The number of aromatic hydroxyl groups is 1. The number of nitrogens with one attached hydrogen (secondary N) is 1.